The Balaban J connectivity index is 1.61. The normalized spacial score (nSPS) is 23.6. The van der Waals surface area contributed by atoms with Crippen molar-refractivity contribution in [3.63, 3.8) is 0 Å². The molecule has 2 aliphatic rings. The van der Waals surface area contributed by atoms with Crippen molar-refractivity contribution in [1.82, 2.24) is 5.32 Å². The molecule has 1 heterocycles. The Morgan fingerprint density at radius 3 is 2.68 bits per heavy atom. The summed E-state index contributed by atoms with van der Waals surface area (Å²) in [6.45, 7) is 0.170. The Morgan fingerprint density at radius 1 is 1.21 bits per heavy atom. The highest BCUT2D eigenvalue weighted by Gasteiger charge is 2.35. The maximum absolute atomic E-state index is 12.0. The van der Waals surface area contributed by atoms with E-state index < -0.39 is 5.97 Å². The maximum Gasteiger partial charge on any atom is 0.306 e. The lowest BCUT2D eigenvalue weighted by Crippen LogP contribution is -2.46. The summed E-state index contributed by atoms with van der Waals surface area (Å²) in [7, 11) is 0. The Labute approximate surface area is 109 Å². The third kappa shape index (κ3) is 2.21. The van der Waals surface area contributed by atoms with Crippen LogP contribution in [0.25, 0.3) is 0 Å². The second-order valence-electron chi connectivity index (χ2n) is 4.74. The molecule has 6 nitrogen and oxygen atoms in total. The minimum absolute atomic E-state index is 0.0565. The van der Waals surface area contributed by atoms with Crippen LogP contribution in [0.4, 0.5) is 0 Å². The van der Waals surface area contributed by atoms with E-state index in [1.165, 1.54) is 0 Å². The van der Waals surface area contributed by atoms with Gasteiger partial charge in [-0.3, -0.25) is 9.59 Å². The molecule has 1 fully saturated rings. The molecule has 0 aromatic heterocycles. The van der Waals surface area contributed by atoms with Gasteiger partial charge in [-0.25, -0.2) is 0 Å². The van der Waals surface area contributed by atoms with E-state index in [9.17, 15) is 9.59 Å². The summed E-state index contributed by atoms with van der Waals surface area (Å²) in [4.78, 5) is 22.6. The summed E-state index contributed by atoms with van der Waals surface area (Å²) < 4.78 is 10.4. The van der Waals surface area contributed by atoms with Crippen LogP contribution in [0.1, 0.15) is 23.2 Å². The monoisotopic (exact) mass is 263 g/mol. The average Bonchev–Trinajstić information content (AvgIpc) is 2.79. The minimum atomic E-state index is -0.798. The van der Waals surface area contributed by atoms with Gasteiger partial charge in [-0.1, -0.05) is 0 Å². The van der Waals surface area contributed by atoms with Crippen LogP contribution >= 0.6 is 0 Å². The molecule has 1 amide bonds. The number of amides is 1. The first kappa shape index (κ1) is 11.8. The summed E-state index contributed by atoms with van der Waals surface area (Å²) in [5.74, 6) is -0.154. The van der Waals surface area contributed by atoms with Crippen LogP contribution < -0.4 is 14.8 Å². The van der Waals surface area contributed by atoms with Crippen LogP contribution in [-0.4, -0.2) is 29.8 Å². The van der Waals surface area contributed by atoms with Gasteiger partial charge in [0.05, 0.1) is 5.92 Å². The van der Waals surface area contributed by atoms with Crippen molar-refractivity contribution >= 4 is 11.9 Å². The molecule has 0 bridgehead atoms. The highest BCUT2D eigenvalue weighted by Crippen LogP contribution is 2.33. The standard InChI is InChI=1S/C13H13NO5/c15-12(14-9-3-8(4-9)13(16)17)7-1-2-10-11(5-7)19-6-18-10/h1-2,5,8-9H,3-4,6H2,(H,14,15)(H,16,17). The molecule has 1 aliphatic heterocycles. The highest BCUT2D eigenvalue weighted by molar-refractivity contribution is 5.95. The van der Waals surface area contributed by atoms with E-state index in [2.05, 4.69) is 5.32 Å². The summed E-state index contributed by atoms with van der Waals surface area (Å²) >= 11 is 0. The fourth-order valence-corrected chi connectivity index (χ4v) is 2.24. The summed E-state index contributed by atoms with van der Waals surface area (Å²) in [5, 5.41) is 11.6. The molecule has 0 unspecified atom stereocenters. The number of carbonyl (C=O) groups excluding carboxylic acids is 1. The first-order chi connectivity index (χ1) is 9.13. The number of ether oxygens (including phenoxy) is 2. The van der Waals surface area contributed by atoms with Gasteiger partial charge in [0.1, 0.15) is 0 Å². The Bertz CT molecular complexity index is 536. The number of carbonyl (C=O) groups is 2. The first-order valence-corrected chi connectivity index (χ1v) is 6.07. The van der Waals surface area contributed by atoms with Crippen molar-refractivity contribution in [3.8, 4) is 11.5 Å². The summed E-state index contributed by atoms with van der Waals surface area (Å²) in [5.41, 5.74) is 0.489. The molecular formula is C13H13NO5. The number of carboxylic acid groups (broad SMARTS) is 1. The number of hydrogen-bond donors (Lipinski definition) is 2. The van der Waals surface area contributed by atoms with Gasteiger partial charge in [-0.15, -0.1) is 0 Å². The second kappa shape index (κ2) is 4.46. The molecule has 100 valence electrons. The summed E-state index contributed by atoms with van der Waals surface area (Å²) in [6, 6.07) is 4.93. The van der Waals surface area contributed by atoms with Crippen LogP contribution in [0.2, 0.25) is 0 Å². The molecule has 1 aromatic rings. The van der Waals surface area contributed by atoms with Gasteiger partial charge in [-0.05, 0) is 31.0 Å². The van der Waals surface area contributed by atoms with Crippen molar-refractivity contribution in [3.05, 3.63) is 23.8 Å². The van der Waals surface area contributed by atoms with E-state index in [1.54, 1.807) is 18.2 Å². The zero-order chi connectivity index (χ0) is 13.4. The Hall–Kier alpha value is -2.24. The van der Waals surface area contributed by atoms with Gasteiger partial charge >= 0.3 is 5.97 Å². The van der Waals surface area contributed by atoms with Crippen molar-refractivity contribution in [2.75, 3.05) is 6.79 Å². The fraction of sp³-hybridized carbons (Fsp3) is 0.385. The van der Waals surface area contributed by atoms with Crippen molar-refractivity contribution < 1.29 is 24.2 Å². The average molecular weight is 263 g/mol. The lowest BCUT2D eigenvalue weighted by Gasteiger charge is -2.32. The van der Waals surface area contributed by atoms with Crippen molar-refractivity contribution in [2.24, 2.45) is 5.92 Å². The molecular weight excluding hydrogens is 250 g/mol. The largest absolute Gasteiger partial charge is 0.481 e. The molecule has 0 radical (unpaired) electrons. The Kier molecular flexibility index (Phi) is 2.77. The molecule has 0 spiro atoms. The van der Waals surface area contributed by atoms with Crippen LogP contribution in [-0.2, 0) is 4.79 Å². The molecule has 0 atom stereocenters. The predicted molar refractivity (Wildman–Crippen MR) is 64.2 cm³/mol. The van der Waals surface area contributed by atoms with Gasteiger partial charge < -0.3 is 19.9 Å². The van der Waals surface area contributed by atoms with E-state index in [-0.39, 0.29) is 24.7 Å². The van der Waals surface area contributed by atoms with Crippen LogP contribution in [0.15, 0.2) is 18.2 Å². The van der Waals surface area contributed by atoms with E-state index in [4.69, 9.17) is 14.6 Å². The molecule has 1 saturated carbocycles. The van der Waals surface area contributed by atoms with Gasteiger partial charge in [0.15, 0.2) is 11.5 Å². The topological polar surface area (TPSA) is 84.9 Å². The molecule has 0 saturated heterocycles. The zero-order valence-electron chi connectivity index (χ0n) is 10.1. The molecule has 19 heavy (non-hydrogen) atoms. The molecule has 1 aromatic carbocycles. The zero-order valence-corrected chi connectivity index (χ0v) is 10.1. The SMILES string of the molecule is O=C(NC1CC(C(=O)O)C1)c1ccc2c(c1)OCO2. The third-order valence-corrected chi connectivity index (χ3v) is 3.46. The number of rotatable bonds is 3. The van der Waals surface area contributed by atoms with Gasteiger partial charge in [0, 0.05) is 11.6 Å². The third-order valence-electron chi connectivity index (χ3n) is 3.46. The molecule has 6 heteroatoms. The molecule has 3 rings (SSSR count). The molecule has 2 N–H and O–H groups in total. The Morgan fingerprint density at radius 2 is 1.95 bits per heavy atom. The first-order valence-electron chi connectivity index (χ1n) is 6.07. The van der Waals surface area contributed by atoms with Gasteiger partial charge in [0.25, 0.3) is 5.91 Å². The lowest BCUT2D eigenvalue weighted by atomic mass is 9.80. The van der Waals surface area contributed by atoms with Gasteiger partial charge in [-0.2, -0.15) is 0 Å². The number of benzene rings is 1. The van der Waals surface area contributed by atoms with Crippen LogP contribution in [0, 0.1) is 5.92 Å². The van der Waals surface area contributed by atoms with E-state index in [0.29, 0.717) is 29.9 Å². The molecule has 1 aliphatic carbocycles. The number of aliphatic carboxylic acids is 1. The summed E-state index contributed by atoms with van der Waals surface area (Å²) in [6.07, 6.45) is 0.983. The minimum Gasteiger partial charge on any atom is -0.481 e. The van der Waals surface area contributed by atoms with Crippen molar-refractivity contribution in [1.29, 1.82) is 0 Å². The highest BCUT2D eigenvalue weighted by atomic mass is 16.7. The van der Waals surface area contributed by atoms with E-state index >= 15 is 0 Å². The maximum atomic E-state index is 12.0. The number of nitrogens with one attached hydrogen (secondary N) is 1. The predicted octanol–water partition coefficient (Wildman–Crippen LogP) is 1.01. The van der Waals surface area contributed by atoms with Gasteiger partial charge in [0.2, 0.25) is 6.79 Å². The van der Waals surface area contributed by atoms with Crippen LogP contribution in [0.5, 0.6) is 11.5 Å². The van der Waals surface area contributed by atoms with Crippen LogP contribution in [0.3, 0.4) is 0 Å². The van der Waals surface area contributed by atoms with E-state index in [0.717, 1.165) is 0 Å². The van der Waals surface area contributed by atoms with E-state index in [1.807, 2.05) is 0 Å². The smallest absolute Gasteiger partial charge is 0.306 e. The second-order valence-corrected chi connectivity index (χ2v) is 4.74. The number of carboxylic acids is 1. The quantitative estimate of drug-likeness (QED) is 0.850. The fourth-order valence-electron chi connectivity index (χ4n) is 2.24. The number of hydrogen-bond acceptors (Lipinski definition) is 4. The number of fused-ring (bicyclic) bond motifs is 1. The lowest BCUT2D eigenvalue weighted by molar-refractivity contribution is -0.145. The van der Waals surface area contributed by atoms with Crippen molar-refractivity contribution in [2.45, 2.75) is 18.9 Å².